The zero-order valence-electron chi connectivity index (χ0n) is 21.0. The number of ether oxygens (including phenoxy) is 2. The molecule has 11 heteroatoms. The smallest absolute Gasteiger partial charge is 0.408 e. The molecule has 2 unspecified atom stereocenters. The molecule has 0 aliphatic rings. The van der Waals surface area contributed by atoms with Gasteiger partial charge >= 0.3 is 12.1 Å². The van der Waals surface area contributed by atoms with Crippen molar-refractivity contribution in [3.63, 3.8) is 0 Å². The molecule has 0 saturated heterocycles. The molecule has 0 heterocycles. The third-order valence-corrected chi connectivity index (χ3v) is 4.69. The van der Waals surface area contributed by atoms with E-state index in [4.69, 9.17) is 9.47 Å². The molecule has 0 bridgehead atoms. The van der Waals surface area contributed by atoms with Gasteiger partial charge in [0, 0.05) is 12.1 Å². The van der Waals surface area contributed by atoms with Crippen LogP contribution in [0.4, 0.5) is 4.79 Å². The summed E-state index contributed by atoms with van der Waals surface area (Å²) in [5.74, 6) is -2.20. The van der Waals surface area contributed by atoms with Crippen molar-refractivity contribution in [1.82, 2.24) is 15.5 Å². The van der Waals surface area contributed by atoms with Crippen molar-refractivity contribution in [2.75, 3.05) is 19.7 Å². The normalized spacial score (nSPS) is 12.5. The molecule has 0 fully saturated rings. The number of nitrogens with one attached hydrogen (secondary N) is 2. The van der Waals surface area contributed by atoms with Gasteiger partial charge in [-0.15, -0.1) is 0 Å². The average Bonchev–Trinajstić information content (AvgIpc) is 2.74. The van der Waals surface area contributed by atoms with E-state index < -0.39 is 48.1 Å². The van der Waals surface area contributed by atoms with E-state index >= 15 is 0 Å². The van der Waals surface area contributed by atoms with Gasteiger partial charge in [-0.05, 0) is 47.1 Å². The van der Waals surface area contributed by atoms with Crippen LogP contribution in [0, 0.1) is 18.3 Å². The van der Waals surface area contributed by atoms with Gasteiger partial charge in [0.2, 0.25) is 11.8 Å². The zero-order valence-corrected chi connectivity index (χ0v) is 21.0. The summed E-state index contributed by atoms with van der Waals surface area (Å²) < 4.78 is 10.0. The Kier molecular flexibility index (Phi) is 11.0. The fraction of sp³-hybridized carbons (Fsp3) is 0.542. The average molecular weight is 491 g/mol. The van der Waals surface area contributed by atoms with E-state index in [1.165, 1.54) is 13.0 Å². The molecule has 0 aliphatic heterocycles. The minimum Gasteiger partial charge on any atom is -0.507 e. The minimum absolute atomic E-state index is 0.0823. The molecule has 1 aromatic carbocycles. The van der Waals surface area contributed by atoms with E-state index in [0.717, 1.165) is 4.90 Å². The highest BCUT2D eigenvalue weighted by atomic mass is 16.6. The summed E-state index contributed by atoms with van der Waals surface area (Å²) in [6.07, 6.45) is -0.946. The van der Waals surface area contributed by atoms with Crippen molar-refractivity contribution in [2.24, 2.45) is 0 Å². The van der Waals surface area contributed by atoms with Gasteiger partial charge < -0.3 is 30.1 Å². The molecular weight excluding hydrogens is 456 g/mol. The Labute approximate surface area is 205 Å². The maximum absolute atomic E-state index is 13.3. The molecular formula is C24H34N4O7. The van der Waals surface area contributed by atoms with Crippen molar-refractivity contribution in [3.05, 3.63) is 29.3 Å². The molecule has 0 aliphatic carbocycles. The number of esters is 1. The maximum atomic E-state index is 13.3. The molecule has 0 saturated carbocycles. The number of phenols is 1. The number of carbonyl (C=O) groups excluding carboxylic acids is 4. The summed E-state index contributed by atoms with van der Waals surface area (Å²) >= 11 is 0. The van der Waals surface area contributed by atoms with Crippen LogP contribution in [0.5, 0.6) is 5.75 Å². The van der Waals surface area contributed by atoms with Crippen LogP contribution in [0.25, 0.3) is 0 Å². The Bertz CT molecular complexity index is 966. The number of hydrogen-bond donors (Lipinski definition) is 3. The summed E-state index contributed by atoms with van der Waals surface area (Å²) in [6, 6.07) is 3.97. The first-order valence-electron chi connectivity index (χ1n) is 11.2. The molecule has 192 valence electrons. The number of amides is 3. The van der Waals surface area contributed by atoms with E-state index in [9.17, 15) is 29.5 Å². The molecule has 0 radical (unpaired) electrons. The van der Waals surface area contributed by atoms with E-state index in [0.29, 0.717) is 5.56 Å². The number of nitriles is 1. The number of aryl methyl sites for hydroxylation is 1. The van der Waals surface area contributed by atoms with Crippen LogP contribution in [0.1, 0.15) is 58.2 Å². The lowest BCUT2D eigenvalue weighted by Crippen LogP contribution is -2.52. The molecule has 3 amide bonds. The standard InChI is InChI=1S/C24H34N4O7/c1-7-34-18(29)11-13-26-21(31)19(17-10-8-9-15(2)20(17)30)28(14-12-25)22(32)16(3)27-23(33)35-24(4,5)6/h8-10,16,19,30H,7,11,13-14H2,1-6H3,(H,26,31)(H,27,33). The monoisotopic (exact) mass is 490 g/mol. The highest BCUT2D eigenvalue weighted by Crippen LogP contribution is 2.32. The largest absolute Gasteiger partial charge is 0.507 e. The SMILES string of the molecule is CCOC(=O)CCNC(=O)C(c1cccc(C)c1O)N(CC#N)C(=O)C(C)NC(=O)OC(C)(C)C. The van der Waals surface area contributed by atoms with Crippen LogP contribution in [-0.2, 0) is 23.9 Å². The van der Waals surface area contributed by atoms with Crippen LogP contribution < -0.4 is 10.6 Å². The Morgan fingerprint density at radius 2 is 1.89 bits per heavy atom. The summed E-state index contributed by atoms with van der Waals surface area (Å²) in [6.45, 7) is 9.27. The van der Waals surface area contributed by atoms with Crippen molar-refractivity contribution in [3.8, 4) is 11.8 Å². The number of hydrogen-bond acceptors (Lipinski definition) is 8. The van der Waals surface area contributed by atoms with Gasteiger partial charge in [0.15, 0.2) is 0 Å². The zero-order chi connectivity index (χ0) is 26.8. The second-order valence-electron chi connectivity index (χ2n) is 8.75. The highest BCUT2D eigenvalue weighted by molar-refractivity contribution is 5.92. The fourth-order valence-corrected chi connectivity index (χ4v) is 3.14. The maximum Gasteiger partial charge on any atom is 0.408 e. The lowest BCUT2D eigenvalue weighted by Gasteiger charge is -2.32. The first kappa shape index (κ1) is 29.2. The molecule has 35 heavy (non-hydrogen) atoms. The molecule has 1 aromatic rings. The van der Waals surface area contributed by atoms with Crippen LogP contribution in [-0.4, -0.2) is 65.2 Å². The molecule has 3 N–H and O–H groups in total. The Morgan fingerprint density at radius 3 is 2.46 bits per heavy atom. The van der Waals surface area contributed by atoms with Gasteiger partial charge in [-0.25, -0.2) is 4.79 Å². The van der Waals surface area contributed by atoms with E-state index in [2.05, 4.69) is 10.6 Å². The Balaban J connectivity index is 3.27. The number of para-hydroxylation sites is 1. The van der Waals surface area contributed by atoms with Crippen molar-refractivity contribution >= 4 is 23.9 Å². The first-order chi connectivity index (χ1) is 16.3. The molecule has 2 atom stereocenters. The van der Waals surface area contributed by atoms with Gasteiger partial charge in [0.05, 0.1) is 19.1 Å². The van der Waals surface area contributed by atoms with Gasteiger partial charge in [-0.3, -0.25) is 14.4 Å². The number of aromatic hydroxyl groups is 1. The Hall–Kier alpha value is -3.81. The highest BCUT2D eigenvalue weighted by Gasteiger charge is 2.36. The van der Waals surface area contributed by atoms with Crippen molar-refractivity contribution in [2.45, 2.75) is 65.6 Å². The second-order valence-corrected chi connectivity index (χ2v) is 8.75. The van der Waals surface area contributed by atoms with Gasteiger partial charge in [-0.1, -0.05) is 18.2 Å². The minimum atomic E-state index is -1.41. The number of nitrogens with zero attached hydrogens (tertiary/aromatic N) is 2. The van der Waals surface area contributed by atoms with Gasteiger partial charge in [0.1, 0.15) is 30.0 Å². The van der Waals surface area contributed by atoms with E-state index in [1.807, 2.05) is 6.07 Å². The van der Waals surface area contributed by atoms with E-state index in [-0.39, 0.29) is 30.9 Å². The second kappa shape index (κ2) is 13.2. The summed E-state index contributed by atoms with van der Waals surface area (Å²) in [4.78, 5) is 51.2. The van der Waals surface area contributed by atoms with Gasteiger partial charge in [-0.2, -0.15) is 5.26 Å². The summed E-state index contributed by atoms with van der Waals surface area (Å²) in [5, 5.41) is 25.0. The first-order valence-corrected chi connectivity index (χ1v) is 11.2. The Morgan fingerprint density at radius 1 is 1.23 bits per heavy atom. The molecule has 0 aromatic heterocycles. The number of phenolic OH excluding ortho intramolecular Hbond substituents is 1. The lowest BCUT2D eigenvalue weighted by atomic mass is 9.99. The third kappa shape index (κ3) is 9.16. The third-order valence-electron chi connectivity index (χ3n) is 4.69. The lowest BCUT2D eigenvalue weighted by molar-refractivity contribution is -0.144. The summed E-state index contributed by atoms with van der Waals surface area (Å²) in [5.41, 5.74) is -0.253. The van der Waals surface area contributed by atoms with E-state index in [1.54, 1.807) is 46.8 Å². The number of alkyl carbamates (subject to hydrolysis) is 1. The predicted molar refractivity (Wildman–Crippen MR) is 126 cm³/mol. The topological polar surface area (TPSA) is 158 Å². The molecule has 0 spiro atoms. The van der Waals surface area contributed by atoms with Crippen LogP contribution in [0.2, 0.25) is 0 Å². The predicted octanol–water partition coefficient (Wildman–Crippen LogP) is 2.08. The molecule has 11 nitrogen and oxygen atoms in total. The summed E-state index contributed by atoms with van der Waals surface area (Å²) in [7, 11) is 0. The quantitative estimate of drug-likeness (QED) is 0.332. The fourth-order valence-electron chi connectivity index (χ4n) is 3.14. The number of benzene rings is 1. The van der Waals surface area contributed by atoms with Crippen molar-refractivity contribution in [1.29, 1.82) is 5.26 Å². The van der Waals surface area contributed by atoms with Crippen molar-refractivity contribution < 1.29 is 33.8 Å². The van der Waals surface area contributed by atoms with Crippen LogP contribution in [0.3, 0.4) is 0 Å². The van der Waals surface area contributed by atoms with Gasteiger partial charge in [0.25, 0.3) is 0 Å². The number of rotatable bonds is 10. The molecule has 1 rings (SSSR count). The van der Waals surface area contributed by atoms with Crippen LogP contribution in [0.15, 0.2) is 18.2 Å². The van der Waals surface area contributed by atoms with Crippen LogP contribution >= 0.6 is 0 Å². The number of carbonyl (C=O) groups is 4.